The van der Waals surface area contributed by atoms with E-state index in [1.807, 2.05) is 5.38 Å². The van der Waals surface area contributed by atoms with Crippen LogP contribution in [0, 0.1) is 11.6 Å². The van der Waals surface area contributed by atoms with Crippen molar-refractivity contribution in [1.82, 2.24) is 14.6 Å². The van der Waals surface area contributed by atoms with Crippen molar-refractivity contribution in [2.75, 3.05) is 5.32 Å². The summed E-state index contributed by atoms with van der Waals surface area (Å²) in [6, 6.07) is 15.2. The Balaban J connectivity index is 1.50. The first kappa shape index (κ1) is 20.7. The number of hydrogen-bond acceptors (Lipinski definition) is 5. The number of thiophene rings is 1. The lowest BCUT2D eigenvalue weighted by Crippen LogP contribution is -2.15. The van der Waals surface area contributed by atoms with Crippen molar-refractivity contribution in [2.24, 2.45) is 0 Å². The second-order valence-corrected chi connectivity index (χ2v) is 8.01. The van der Waals surface area contributed by atoms with Crippen LogP contribution < -0.4 is 5.32 Å². The number of hydrogen-bond donors (Lipinski definition) is 1. The Bertz CT molecular complexity index is 1490. The van der Waals surface area contributed by atoms with Gasteiger partial charge in [-0.3, -0.25) is 9.59 Å². The summed E-state index contributed by atoms with van der Waals surface area (Å²) in [6.45, 7) is 0. The van der Waals surface area contributed by atoms with Crippen molar-refractivity contribution in [1.29, 1.82) is 0 Å². The predicted molar refractivity (Wildman–Crippen MR) is 120 cm³/mol. The van der Waals surface area contributed by atoms with Gasteiger partial charge in [-0.05, 0) is 41.8 Å². The maximum Gasteiger partial charge on any atom is 0.261 e. The number of amides is 1. The van der Waals surface area contributed by atoms with Gasteiger partial charge in [0, 0.05) is 17.4 Å². The number of halogens is 2. The van der Waals surface area contributed by atoms with Crippen molar-refractivity contribution in [3.8, 4) is 11.3 Å². The highest BCUT2D eigenvalue weighted by Crippen LogP contribution is 2.26. The van der Waals surface area contributed by atoms with Crippen LogP contribution in [-0.4, -0.2) is 26.3 Å². The van der Waals surface area contributed by atoms with Gasteiger partial charge in [0.05, 0.1) is 22.3 Å². The van der Waals surface area contributed by atoms with Crippen LogP contribution in [0.4, 0.5) is 14.5 Å². The summed E-state index contributed by atoms with van der Waals surface area (Å²) in [5, 5.41) is 8.69. The molecule has 3 aromatic heterocycles. The Morgan fingerprint density at radius 2 is 1.76 bits per heavy atom. The molecule has 0 unspecified atom stereocenters. The molecular weight excluding hydrogens is 446 g/mol. The van der Waals surface area contributed by atoms with Gasteiger partial charge >= 0.3 is 0 Å². The van der Waals surface area contributed by atoms with Crippen LogP contribution in [0.5, 0.6) is 0 Å². The van der Waals surface area contributed by atoms with E-state index in [1.54, 1.807) is 48.7 Å². The van der Waals surface area contributed by atoms with Crippen molar-refractivity contribution in [2.45, 2.75) is 0 Å². The lowest BCUT2D eigenvalue weighted by Gasteiger charge is -2.10. The van der Waals surface area contributed by atoms with E-state index in [-0.39, 0.29) is 5.78 Å². The molecule has 33 heavy (non-hydrogen) atoms. The van der Waals surface area contributed by atoms with Gasteiger partial charge in [-0.1, -0.05) is 24.3 Å². The molecule has 2 aromatic carbocycles. The van der Waals surface area contributed by atoms with E-state index in [0.29, 0.717) is 33.0 Å². The molecule has 0 radical (unpaired) electrons. The average Bonchev–Trinajstić information content (AvgIpc) is 3.49. The maximum absolute atomic E-state index is 13.9. The van der Waals surface area contributed by atoms with E-state index in [1.165, 1.54) is 28.1 Å². The summed E-state index contributed by atoms with van der Waals surface area (Å²) in [5.41, 5.74) is 1.74. The van der Waals surface area contributed by atoms with Crippen molar-refractivity contribution in [3.63, 3.8) is 0 Å². The molecule has 0 saturated carbocycles. The van der Waals surface area contributed by atoms with Crippen LogP contribution in [0.25, 0.3) is 16.9 Å². The molecule has 5 rings (SSSR count). The van der Waals surface area contributed by atoms with Crippen LogP contribution in [-0.2, 0) is 0 Å². The molecule has 0 saturated heterocycles. The standard InChI is InChI=1S/C24H14F2N4O2S/c25-17-6-2-7-18(26)21(17)24(32)29-15-5-1-4-14(12-15)19-9-10-27-23-16(13-28-30(19)23)22(31)20-8-3-11-33-20/h1-13H,(H,29,32). The number of carbonyl (C=O) groups is 2. The number of fused-ring (bicyclic) bond motifs is 1. The number of rotatable bonds is 5. The summed E-state index contributed by atoms with van der Waals surface area (Å²) in [5.74, 6) is -2.96. The molecule has 9 heteroatoms. The SMILES string of the molecule is O=C(Nc1cccc(-c2ccnc3c(C(=O)c4cccs4)cnn23)c1)c1c(F)cccc1F. The fraction of sp³-hybridized carbons (Fsp3) is 0. The monoisotopic (exact) mass is 460 g/mol. The van der Waals surface area contributed by atoms with Gasteiger partial charge in [0.25, 0.3) is 5.91 Å². The number of nitrogens with one attached hydrogen (secondary N) is 1. The summed E-state index contributed by atoms with van der Waals surface area (Å²) in [4.78, 5) is 30.2. The van der Waals surface area contributed by atoms with E-state index < -0.39 is 23.1 Å². The highest BCUT2D eigenvalue weighted by Gasteiger charge is 2.20. The van der Waals surface area contributed by atoms with E-state index in [0.717, 1.165) is 12.1 Å². The molecule has 3 heterocycles. The third-order valence-electron chi connectivity index (χ3n) is 5.00. The molecule has 6 nitrogen and oxygen atoms in total. The fourth-order valence-electron chi connectivity index (χ4n) is 3.48. The third kappa shape index (κ3) is 3.79. The molecule has 0 aliphatic carbocycles. The van der Waals surface area contributed by atoms with Crippen molar-refractivity contribution < 1.29 is 18.4 Å². The molecule has 1 amide bonds. The van der Waals surface area contributed by atoms with Crippen LogP contribution >= 0.6 is 11.3 Å². The number of carbonyl (C=O) groups excluding carboxylic acids is 2. The highest BCUT2D eigenvalue weighted by molar-refractivity contribution is 7.12. The van der Waals surface area contributed by atoms with Gasteiger partial charge in [0.1, 0.15) is 17.2 Å². The molecule has 162 valence electrons. The molecule has 0 aliphatic heterocycles. The summed E-state index contributed by atoms with van der Waals surface area (Å²) < 4.78 is 29.4. The fourth-order valence-corrected chi connectivity index (χ4v) is 4.15. The summed E-state index contributed by atoms with van der Waals surface area (Å²) in [6.07, 6.45) is 3.04. The predicted octanol–water partition coefficient (Wildman–Crippen LogP) is 5.22. The molecule has 1 N–H and O–H groups in total. The molecule has 0 aliphatic rings. The first-order valence-electron chi connectivity index (χ1n) is 9.79. The van der Waals surface area contributed by atoms with Crippen molar-refractivity contribution in [3.05, 3.63) is 106 Å². The lowest BCUT2D eigenvalue weighted by molar-refractivity contribution is 0.101. The molecule has 0 atom stereocenters. The summed E-state index contributed by atoms with van der Waals surface area (Å²) in [7, 11) is 0. The Labute approximate surface area is 190 Å². The van der Waals surface area contributed by atoms with E-state index >= 15 is 0 Å². The normalized spacial score (nSPS) is 11.0. The van der Waals surface area contributed by atoms with Crippen LogP contribution in [0.15, 0.2) is 78.4 Å². The zero-order valence-electron chi connectivity index (χ0n) is 16.8. The highest BCUT2D eigenvalue weighted by atomic mass is 32.1. The molecular formula is C24H14F2N4O2S. The first-order valence-corrected chi connectivity index (χ1v) is 10.7. The zero-order valence-corrected chi connectivity index (χ0v) is 17.6. The maximum atomic E-state index is 13.9. The number of ketones is 1. The number of benzene rings is 2. The first-order chi connectivity index (χ1) is 16.0. The minimum Gasteiger partial charge on any atom is -0.322 e. The van der Waals surface area contributed by atoms with Gasteiger partial charge in [-0.25, -0.2) is 18.3 Å². The largest absolute Gasteiger partial charge is 0.322 e. The van der Waals surface area contributed by atoms with Crippen LogP contribution in [0.3, 0.4) is 0 Å². The van der Waals surface area contributed by atoms with Gasteiger partial charge in [-0.15, -0.1) is 11.3 Å². The van der Waals surface area contributed by atoms with E-state index in [4.69, 9.17) is 0 Å². The Kier molecular flexibility index (Phi) is 5.23. The Morgan fingerprint density at radius 1 is 0.970 bits per heavy atom. The second kappa shape index (κ2) is 8.36. The smallest absolute Gasteiger partial charge is 0.261 e. The topological polar surface area (TPSA) is 76.4 Å². The number of anilines is 1. The van der Waals surface area contributed by atoms with Gasteiger partial charge in [-0.2, -0.15) is 5.10 Å². The second-order valence-electron chi connectivity index (χ2n) is 7.06. The zero-order chi connectivity index (χ0) is 22.9. The quantitative estimate of drug-likeness (QED) is 0.365. The summed E-state index contributed by atoms with van der Waals surface area (Å²) >= 11 is 1.34. The minimum absolute atomic E-state index is 0.169. The van der Waals surface area contributed by atoms with E-state index in [9.17, 15) is 18.4 Å². The van der Waals surface area contributed by atoms with Gasteiger partial charge < -0.3 is 5.32 Å². The Hall–Kier alpha value is -4.24. The average molecular weight is 460 g/mol. The van der Waals surface area contributed by atoms with Crippen LogP contribution in [0.2, 0.25) is 0 Å². The minimum atomic E-state index is -0.945. The molecule has 0 spiro atoms. The molecule has 5 aromatic rings. The van der Waals surface area contributed by atoms with E-state index in [2.05, 4.69) is 15.4 Å². The third-order valence-corrected chi connectivity index (χ3v) is 5.87. The Morgan fingerprint density at radius 3 is 2.52 bits per heavy atom. The number of nitrogens with zero attached hydrogens (tertiary/aromatic N) is 3. The number of aromatic nitrogens is 3. The van der Waals surface area contributed by atoms with Crippen molar-refractivity contribution >= 4 is 34.4 Å². The van der Waals surface area contributed by atoms with Crippen LogP contribution in [0.1, 0.15) is 25.6 Å². The molecule has 0 bridgehead atoms. The lowest BCUT2D eigenvalue weighted by atomic mass is 10.1. The molecule has 0 fully saturated rings. The van der Waals surface area contributed by atoms with Gasteiger partial charge in [0.2, 0.25) is 5.78 Å². The van der Waals surface area contributed by atoms with Gasteiger partial charge in [0.15, 0.2) is 5.65 Å².